The monoisotopic (exact) mass is 328 g/mol. The number of halogens is 2. The Morgan fingerprint density at radius 2 is 2.20 bits per heavy atom. The van der Waals surface area contributed by atoms with Crippen LogP contribution in [0.2, 0.25) is 10.3 Å². The van der Waals surface area contributed by atoms with E-state index >= 15 is 0 Å². The van der Waals surface area contributed by atoms with Gasteiger partial charge in [-0.05, 0) is 6.07 Å². The maximum absolute atomic E-state index is 11.6. The predicted molar refractivity (Wildman–Crippen MR) is 77.9 cm³/mol. The summed E-state index contributed by atoms with van der Waals surface area (Å²) in [5, 5.41) is 11.9. The van der Waals surface area contributed by atoms with Crippen molar-refractivity contribution in [1.29, 1.82) is 0 Å². The molecule has 20 heavy (non-hydrogen) atoms. The average Bonchev–Trinajstić information content (AvgIpc) is 2.81. The molecule has 8 heteroatoms. The minimum atomic E-state index is -0.750. The molecule has 3 rings (SSSR count). The Morgan fingerprint density at radius 1 is 1.45 bits per heavy atom. The van der Waals surface area contributed by atoms with Crippen LogP contribution >= 0.6 is 34.5 Å². The van der Waals surface area contributed by atoms with E-state index in [0.29, 0.717) is 15.2 Å². The molecule has 1 N–H and O–H groups in total. The fourth-order valence-electron chi connectivity index (χ4n) is 1.90. The molecule has 102 valence electrons. The molecule has 0 radical (unpaired) electrons. The molecule has 0 aliphatic carbocycles. The number of esters is 1. The lowest BCUT2D eigenvalue weighted by molar-refractivity contribution is 0.0591. The number of pyridine rings is 2. The third kappa shape index (κ3) is 1.88. The lowest BCUT2D eigenvalue weighted by atomic mass is 10.2. The van der Waals surface area contributed by atoms with Gasteiger partial charge in [-0.2, -0.15) is 0 Å². The van der Waals surface area contributed by atoms with Crippen molar-refractivity contribution in [3.63, 3.8) is 0 Å². The van der Waals surface area contributed by atoms with Crippen molar-refractivity contribution >= 4 is 60.7 Å². The highest BCUT2D eigenvalue weighted by molar-refractivity contribution is 7.26. The standard InChI is InChI=1S/C12H6Cl2N2O3S/c1-19-12(18)8-9(17)10-7(11(14)16-8)4-2-6(13)15-3-5(4)20-10/h2-3,17H,1H3. The second-order valence-corrected chi connectivity index (χ2v) is 5.70. The zero-order valence-electron chi connectivity index (χ0n) is 9.98. The molecule has 0 aliphatic heterocycles. The van der Waals surface area contributed by atoms with Gasteiger partial charge >= 0.3 is 5.97 Å². The van der Waals surface area contributed by atoms with E-state index in [1.807, 2.05) is 0 Å². The van der Waals surface area contributed by atoms with Crippen LogP contribution in [-0.2, 0) is 4.74 Å². The quantitative estimate of drug-likeness (QED) is 0.545. The molecule has 0 aliphatic rings. The van der Waals surface area contributed by atoms with Crippen LogP contribution in [0.3, 0.4) is 0 Å². The van der Waals surface area contributed by atoms with Crippen LogP contribution in [0.1, 0.15) is 10.5 Å². The topological polar surface area (TPSA) is 72.3 Å². The average molecular weight is 329 g/mol. The third-order valence-electron chi connectivity index (χ3n) is 2.78. The van der Waals surface area contributed by atoms with E-state index in [1.54, 1.807) is 12.3 Å². The maximum atomic E-state index is 11.6. The van der Waals surface area contributed by atoms with Gasteiger partial charge in [0.15, 0.2) is 11.4 Å². The molecule has 0 unspecified atom stereocenters. The number of thiophene rings is 1. The lowest BCUT2D eigenvalue weighted by Gasteiger charge is -2.04. The van der Waals surface area contributed by atoms with Crippen molar-refractivity contribution < 1.29 is 14.6 Å². The highest BCUT2D eigenvalue weighted by Crippen LogP contribution is 2.43. The van der Waals surface area contributed by atoms with Gasteiger partial charge in [0.05, 0.1) is 16.5 Å². The van der Waals surface area contributed by atoms with E-state index in [-0.39, 0.29) is 16.6 Å². The summed E-state index contributed by atoms with van der Waals surface area (Å²) in [7, 11) is 1.20. The fourth-order valence-corrected chi connectivity index (χ4v) is 3.50. The number of nitrogens with zero attached hydrogens (tertiary/aromatic N) is 2. The molecule has 3 heterocycles. The van der Waals surface area contributed by atoms with Crippen LogP contribution in [0.25, 0.3) is 20.2 Å². The minimum absolute atomic E-state index is 0.103. The molecule has 0 saturated carbocycles. The Hall–Kier alpha value is -1.63. The molecule has 0 atom stereocenters. The number of carbonyl (C=O) groups is 1. The van der Waals surface area contributed by atoms with Gasteiger partial charge in [0.2, 0.25) is 0 Å². The smallest absolute Gasteiger partial charge is 0.360 e. The first-order valence-corrected chi connectivity index (χ1v) is 6.94. The van der Waals surface area contributed by atoms with E-state index < -0.39 is 5.97 Å². The molecular weight excluding hydrogens is 323 g/mol. The van der Waals surface area contributed by atoms with Crippen molar-refractivity contribution in [2.75, 3.05) is 7.11 Å². The van der Waals surface area contributed by atoms with Gasteiger partial charge in [0.25, 0.3) is 0 Å². The van der Waals surface area contributed by atoms with Crippen molar-refractivity contribution in [3.05, 3.63) is 28.3 Å². The van der Waals surface area contributed by atoms with Gasteiger partial charge < -0.3 is 9.84 Å². The molecule has 0 fully saturated rings. The molecule has 3 aromatic heterocycles. The first-order chi connectivity index (χ1) is 9.52. The number of aromatic hydroxyl groups is 1. The summed E-state index contributed by atoms with van der Waals surface area (Å²) in [6.07, 6.45) is 1.58. The summed E-state index contributed by atoms with van der Waals surface area (Å²) < 4.78 is 5.80. The molecule has 3 aromatic rings. The van der Waals surface area contributed by atoms with Gasteiger partial charge in [0.1, 0.15) is 10.3 Å². The Labute approximate surface area is 126 Å². The number of rotatable bonds is 1. The van der Waals surface area contributed by atoms with Gasteiger partial charge in [0, 0.05) is 17.0 Å². The SMILES string of the molecule is COC(=O)c1nc(Cl)c2c(sc3cnc(Cl)cc32)c1O. The van der Waals surface area contributed by atoms with Crippen LogP contribution < -0.4 is 0 Å². The van der Waals surface area contributed by atoms with Gasteiger partial charge in [-0.3, -0.25) is 0 Å². The second kappa shape index (κ2) is 4.73. The summed E-state index contributed by atoms with van der Waals surface area (Å²) in [5.74, 6) is -1.01. The molecule has 0 aromatic carbocycles. The highest BCUT2D eigenvalue weighted by Gasteiger charge is 2.22. The minimum Gasteiger partial charge on any atom is -0.504 e. The largest absolute Gasteiger partial charge is 0.504 e. The summed E-state index contributed by atoms with van der Waals surface area (Å²) in [5.41, 5.74) is -0.212. The number of fused-ring (bicyclic) bond motifs is 3. The molecule has 5 nitrogen and oxygen atoms in total. The summed E-state index contributed by atoms with van der Waals surface area (Å²) >= 11 is 13.2. The predicted octanol–water partition coefficient (Wildman–Crippen LogP) is 3.64. The number of methoxy groups -OCH3 is 1. The Kier molecular flexibility index (Phi) is 3.16. The number of aromatic nitrogens is 2. The first kappa shape index (κ1) is 13.4. The lowest BCUT2D eigenvalue weighted by Crippen LogP contribution is -2.04. The van der Waals surface area contributed by atoms with Crippen molar-refractivity contribution in [2.24, 2.45) is 0 Å². The Balaban J connectivity index is 2.46. The zero-order valence-corrected chi connectivity index (χ0v) is 12.3. The third-order valence-corrected chi connectivity index (χ3v) is 4.40. The van der Waals surface area contributed by atoms with Crippen molar-refractivity contribution in [3.8, 4) is 5.75 Å². The van der Waals surface area contributed by atoms with Crippen LogP contribution in [0, 0.1) is 0 Å². The van der Waals surface area contributed by atoms with Crippen molar-refractivity contribution in [1.82, 2.24) is 9.97 Å². The zero-order chi connectivity index (χ0) is 14.4. The molecule has 0 bridgehead atoms. The molecule has 0 spiro atoms. The van der Waals surface area contributed by atoms with E-state index in [9.17, 15) is 9.90 Å². The number of hydrogen-bond acceptors (Lipinski definition) is 6. The Bertz CT molecular complexity index is 863. The number of ether oxygens (including phenoxy) is 1. The molecule has 0 amide bonds. The normalized spacial score (nSPS) is 11.2. The Morgan fingerprint density at radius 3 is 2.90 bits per heavy atom. The van der Waals surface area contributed by atoms with Gasteiger partial charge in [-0.1, -0.05) is 23.2 Å². The number of carbonyl (C=O) groups excluding carboxylic acids is 1. The first-order valence-electron chi connectivity index (χ1n) is 5.37. The molecule has 0 saturated heterocycles. The van der Waals surface area contributed by atoms with E-state index in [4.69, 9.17) is 23.2 Å². The van der Waals surface area contributed by atoms with E-state index in [0.717, 1.165) is 10.1 Å². The summed E-state index contributed by atoms with van der Waals surface area (Å²) in [6.45, 7) is 0. The summed E-state index contributed by atoms with van der Waals surface area (Å²) in [6, 6.07) is 1.64. The highest BCUT2D eigenvalue weighted by atomic mass is 35.5. The number of hydrogen-bond donors (Lipinski definition) is 1. The van der Waals surface area contributed by atoms with Crippen molar-refractivity contribution in [2.45, 2.75) is 0 Å². The molecular formula is C12H6Cl2N2O3S. The van der Waals surface area contributed by atoms with Crippen LogP contribution in [0.5, 0.6) is 5.75 Å². The van der Waals surface area contributed by atoms with Crippen LogP contribution in [-0.4, -0.2) is 28.2 Å². The summed E-state index contributed by atoms with van der Waals surface area (Å²) in [4.78, 5) is 19.4. The van der Waals surface area contributed by atoms with E-state index in [1.165, 1.54) is 18.4 Å². The van der Waals surface area contributed by atoms with Gasteiger partial charge in [-0.15, -0.1) is 11.3 Å². The van der Waals surface area contributed by atoms with E-state index in [2.05, 4.69) is 14.7 Å². The second-order valence-electron chi connectivity index (χ2n) is 3.90. The maximum Gasteiger partial charge on any atom is 0.360 e. The van der Waals surface area contributed by atoms with Crippen LogP contribution in [0.15, 0.2) is 12.3 Å². The van der Waals surface area contributed by atoms with Gasteiger partial charge in [-0.25, -0.2) is 14.8 Å². The van der Waals surface area contributed by atoms with Crippen LogP contribution in [0.4, 0.5) is 0 Å². The fraction of sp³-hybridized carbons (Fsp3) is 0.0833.